The summed E-state index contributed by atoms with van der Waals surface area (Å²) in [7, 11) is 0. The van der Waals surface area contributed by atoms with Crippen LogP contribution in [0.15, 0.2) is 41.7 Å². The van der Waals surface area contributed by atoms with Crippen molar-refractivity contribution in [1.82, 2.24) is 9.38 Å². The van der Waals surface area contributed by atoms with Gasteiger partial charge in [0.25, 0.3) is 0 Å². The van der Waals surface area contributed by atoms with Crippen molar-refractivity contribution < 1.29 is 5.11 Å². The maximum Gasteiger partial charge on any atom is 0.209 e. The van der Waals surface area contributed by atoms with Gasteiger partial charge >= 0.3 is 0 Å². The van der Waals surface area contributed by atoms with Crippen molar-refractivity contribution >= 4 is 11.5 Å². The molecule has 0 bridgehead atoms. The second kappa shape index (κ2) is 5.10. The zero-order valence-corrected chi connectivity index (χ0v) is 11.9. The molecule has 0 amide bonds. The van der Waals surface area contributed by atoms with E-state index in [1.54, 1.807) is 22.7 Å². The Morgan fingerprint density at radius 1 is 1.24 bits per heavy atom. The number of rotatable bonds is 3. The summed E-state index contributed by atoms with van der Waals surface area (Å²) in [6, 6.07) is 9.46. The summed E-state index contributed by atoms with van der Waals surface area (Å²) in [5, 5.41) is 12.5. The fourth-order valence-corrected chi connectivity index (χ4v) is 2.40. The fourth-order valence-electron chi connectivity index (χ4n) is 2.40. The van der Waals surface area contributed by atoms with Crippen molar-refractivity contribution in [2.45, 2.75) is 20.5 Å². The second-order valence-electron chi connectivity index (χ2n) is 5.06. The first kappa shape index (κ1) is 13.5. The molecule has 1 aromatic carbocycles. The van der Waals surface area contributed by atoms with Crippen molar-refractivity contribution in [2.75, 3.05) is 0 Å². The number of nitroso groups, excluding NO2 is 1. The lowest BCUT2D eigenvalue weighted by Gasteiger charge is -2.02. The number of imidazole rings is 1. The van der Waals surface area contributed by atoms with E-state index < -0.39 is 0 Å². The van der Waals surface area contributed by atoms with Crippen molar-refractivity contribution in [2.24, 2.45) is 5.18 Å². The van der Waals surface area contributed by atoms with Gasteiger partial charge in [-0.3, -0.25) is 4.40 Å². The van der Waals surface area contributed by atoms with Gasteiger partial charge in [0.05, 0.1) is 6.61 Å². The summed E-state index contributed by atoms with van der Waals surface area (Å²) in [6.07, 6.45) is 1.72. The Labute approximate surface area is 121 Å². The van der Waals surface area contributed by atoms with Gasteiger partial charge in [-0.05, 0) is 42.3 Å². The van der Waals surface area contributed by atoms with E-state index in [2.05, 4.69) is 10.2 Å². The molecule has 21 heavy (non-hydrogen) atoms. The van der Waals surface area contributed by atoms with Crippen molar-refractivity contribution in [3.8, 4) is 11.3 Å². The smallest absolute Gasteiger partial charge is 0.209 e. The zero-order chi connectivity index (χ0) is 15.0. The van der Waals surface area contributed by atoms with Gasteiger partial charge in [-0.1, -0.05) is 18.2 Å². The first-order chi connectivity index (χ1) is 10.2. The van der Waals surface area contributed by atoms with Gasteiger partial charge in [-0.25, -0.2) is 4.98 Å². The van der Waals surface area contributed by atoms with Crippen LogP contribution in [0, 0.1) is 18.8 Å². The molecular formula is C16H15N3O2. The first-order valence-electron chi connectivity index (χ1n) is 6.67. The molecule has 1 N–H and O–H groups in total. The number of hydrogen-bond donors (Lipinski definition) is 1. The Bertz CT molecular complexity index is 837. The summed E-state index contributed by atoms with van der Waals surface area (Å²) < 4.78 is 1.61. The zero-order valence-electron chi connectivity index (χ0n) is 11.9. The highest BCUT2D eigenvalue weighted by atomic mass is 16.3. The highest BCUT2D eigenvalue weighted by molar-refractivity contribution is 5.76. The molecule has 0 aliphatic heterocycles. The normalized spacial score (nSPS) is 11.0. The number of hydrogen-bond acceptors (Lipinski definition) is 4. The van der Waals surface area contributed by atoms with Gasteiger partial charge in [-0.2, -0.15) is 0 Å². The molecule has 3 rings (SSSR count). The van der Waals surface area contributed by atoms with Crippen LogP contribution in [-0.2, 0) is 6.61 Å². The second-order valence-corrected chi connectivity index (χ2v) is 5.06. The van der Waals surface area contributed by atoms with Crippen LogP contribution < -0.4 is 0 Å². The van der Waals surface area contributed by atoms with Crippen LogP contribution in [0.1, 0.15) is 16.7 Å². The summed E-state index contributed by atoms with van der Waals surface area (Å²) in [4.78, 5) is 15.8. The molecule has 2 heterocycles. The summed E-state index contributed by atoms with van der Waals surface area (Å²) in [5.41, 5.74) is 4.91. The number of aromatic nitrogens is 2. The average Bonchev–Trinajstić information content (AvgIpc) is 2.88. The van der Waals surface area contributed by atoms with Gasteiger partial charge in [0.2, 0.25) is 5.82 Å². The molecular weight excluding hydrogens is 266 g/mol. The highest BCUT2D eigenvalue weighted by Crippen LogP contribution is 2.32. The van der Waals surface area contributed by atoms with Crippen LogP contribution in [0.3, 0.4) is 0 Å². The minimum Gasteiger partial charge on any atom is -0.392 e. The lowest BCUT2D eigenvalue weighted by atomic mass is 10.0. The predicted octanol–water partition coefficient (Wildman–Crippen LogP) is 3.51. The number of pyridine rings is 1. The average molecular weight is 281 g/mol. The Morgan fingerprint density at radius 2 is 2.05 bits per heavy atom. The minimum absolute atomic E-state index is 0.133. The van der Waals surface area contributed by atoms with Crippen LogP contribution in [0.2, 0.25) is 0 Å². The topological polar surface area (TPSA) is 67.0 Å². The lowest BCUT2D eigenvalue weighted by Crippen LogP contribution is -1.90. The van der Waals surface area contributed by atoms with E-state index in [9.17, 15) is 10.0 Å². The Hall–Kier alpha value is -2.53. The molecule has 0 radical (unpaired) electrons. The van der Waals surface area contributed by atoms with E-state index >= 15 is 0 Å². The van der Waals surface area contributed by atoms with E-state index in [4.69, 9.17) is 0 Å². The molecule has 0 atom stereocenters. The van der Waals surface area contributed by atoms with E-state index in [0.717, 1.165) is 11.1 Å². The molecule has 0 saturated carbocycles. The fraction of sp³-hybridized carbons (Fsp3) is 0.188. The number of aliphatic hydroxyl groups excluding tert-OH is 1. The lowest BCUT2D eigenvalue weighted by molar-refractivity contribution is 0.282. The van der Waals surface area contributed by atoms with Crippen LogP contribution in [0.25, 0.3) is 16.9 Å². The molecule has 0 spiro atoms. The quantitative estimate of drug-likeness (QED) is 0.747. The number of aliphatic hydroxyl groups is 1. The molecule has 106 valence electrons. The number of nitrogens with zero attached hydrogens (tertiary/aromatic N) is 3. The van der Waals surface area contributed by atoms with Crippen LogP contribution in [-0.4, -0.2) is 14.5 Å². The van der Waals surface area contributed by atoms with Gasteiger partial charge in [-0.15, -0.1) is 4.91 Å². The molecule has 0 fully saturated rings. The van der Waals surface area contributed by atoms with E-state index in [1.165, 1.54) is 5.56 Å². The maximum absolute atomic E-state index is 11.3. The highest BCUT2D eigenvalue weighted by Gasteiger charge is 2.17. The van der Waals surface area contributed by atoms with Crippen LogP contribution in [0.4, 0.5) is 5.82 Å². The van der Waals surface area contributed by atoms with Gasteiger partial charge in [0.1, 0.15) is 11.3 Å². The number of aryl methyl sites for hydroxylation is 2. The Kier molecular flexibility index (Phi) is 3.27. The number of benzene rings is 1. The largest absolute Gasteiger partial charge is 0.392 e. The number of fused-ring (bicyclic) bond motifs is 1. The third-order valence-electron chi connectivity index (χ3n) is 3.74. The predicted molar refractivity (Wildman–Crippen MR) is 81.5 cm³/mol. The van der Waals surface area contributed by atoms with E-state index in [0.29, 0.717) is 16.9 Å². The summed E-state index contributed by atoms with van der Waals surface area (Å²) in [5.74, 6) is 0.253. The van der Waals surface area contributed by atoms with Crippen molar-refractivity contribution in [3.63, 3.8) is 0 Å². The third kappa shape index (κ3) is 2.11. The van der Waals surface area contributed by atoms with Crippen LogP contribution >= 0.6 is 0 Å². The molecule has 0 aliphatic carbocycles. The standard InChI is InChI=1S/C16H15N3O2/c1-10-5-6-12(8-11(10)2)14-16(18-21)19-7-3-4-13(9-20)15(19)17-14/h3-8,20H,9H2,1-2H3. The maximum atomic E-state index is 11.3. The van der Waals surface area contributed by atoms with E-state index in [-0.39, 0.29) is 12.4 Å². The van der Waals surface area contributed by atoms with E-state index in [1.807, 2.05) is 32.0 Å². The molecule has 0 saturated heterocycles. The molecule has 3 aromatic rings. The van der Waals surface area contributed by atoms with Gasteiger partial charge in [0, 0.05) is 17.3 Å². The molecule has 0 unspecified atom stereocenters. The minimum atomic E-state index is -0.133. The summed E-state index contributed by atoms with van der Waals surface area (Å²) in [6.45, 7) is 3.92. The van der Waals surface area contributed by atoms with Crippen molar-refractivity contribution in [3.05, 3.63) is 58.1 Å². The molecule has 5 nitrogen and oxygen atoms in total. The van der Waals surface area contributed by atoms with Crippen molar-refractivity contribution in [1.29, 1.82) is 0 Å². The Balaban J connectivity index is 2.31. The van der Waals surface area contributed by atoms with Gasteiger partial charge in [0.15, 0.2) is 0 Å². The summed E-state index contributed by atoms with van der Waals surface area (Å²) >= 11 is 0. The molecule has 0 aliphatic rings. The van der Waals surface area contributed by atoms with Crippen LogP contribution in [0.5, 0.6) is 0 Å². The molecule has 5 heteroatoms. The Morgan fingerprint density at radius 3 is 2.71 bits per heavy atom. The molecule has 2 aromatic heterocycles. The SMILES string of the molecule is Cc1ccc(-c2nc3c(CO)cccn3c2N=O)cc1C. The van der Waals surface area contributed by atoms with Gasteiger partial charge < -0.3 is 5.11 Å². The monoisotopic (exact) mass is 281 g/mol. The first-order valence-corrected chi connectivity index (χ1v) is 6.67. The third-order valence-corrected chi connectivity index (χ3v) is 3.74.